The maximum Gasteiger partial charge on any atom is 0.193 e. The number of aliphatic imine (C=N–C) groups is 1. The van der Waals surface area contributed by atoms with Gasteiger partial charge in [-0.1, -0.05) is 23.7 Å². The molecule has 25 heavy (non-hydrogen) atoms. The Morgan fingerprint density at radius 2 is 1.76 bits per heavy atom. The van der Waals surface area contributed by atoms with Crippen LogP contribution in [-0.2, 0) is 0 Å². The Labute approximate surface area is 152 Å². The van der Waals surface area contributed by atoms with E-state index >= 15 is 0 Å². The zero-order valence-corrected chi connectivity index (χ0v) is 15.1. The molecule has 2 aromatic carbocycles. The molecule has 0 amide bonds. The van der Waals surface area contributed by atoms with Crippen LogP contribution in [0.2, 0.25) is 5.02 Å². The van der Waals surface area contributed by atoms with E-state index < -0.39 is 0 Å². The van der Waals surface area contributed by atoms with Gasteiger partial charge in [0.2, 0.25) is 0 Å². The Hall–Kier alpha value is -2.40. The van der Waals surface area contributed by atoms with Crippen molar-refractivity contribution in [2.45, 2.75) is 24.8 Å². The van der Waals surface area contributed by atoms with Crippen LogP contribution in [0.4, 0.5) is 5.69 Å². The Bertz CT molecular complexity index is 756. The average Bonchev–Trinajstić information content (AvgIpc) is 2.58. The van der Waals surface area contributed by atoms with Crippen molar-refractivity contribution in [1.29, 1.82) is 0 Å². The standard InChI is InChI=1S/C19H22ClN3O2/c1-24-17-8-7-15(11-18(17)25-2)22-19(21)23-16-9-13(10-16)12-3-5-14(20)6-4-12/h3-8,11,13,16H,9-10H2,1-2H3,(H3,21,22,23). The average molecular weight is 360 g/mol. The van der Waals surface area contributed by atoms with Crippen LogP contribution < -0.4 is 20.5 Å². The fourth-order valence-electron chi connectivity index (χ4n) is 2.99. The normalized spacial score (nSPS) is 19.9. The summed E-state index contributed by atoms with van der Waals surface area (Å²) in [5.74, 6) is 2.26. The van der Waals surface area contributed by atoms with E-state index in [4.69, 9.17) is 26.8 Å². The number of halogens is 1. The summed E-state index contributed by atoms with van der Waals surface area (Å²) in [5, 5.41) is 3.87. The molecule has 0 bridgehead atoms. The van der Waals surface area contributed by atoms with Gasteiger partial charge in [0, 0.05) is 16.8 Å². The van der Waals surface area contributed by atoms with Gasteiger partial charge in [-0.05, 0) is 48.6 Å². The number of hydrogen-bond donors (Lipinski definition) is 2. The smallest absolute Gasteiger partial charge is 0.193 e. The van der Waals surface area contributed by atoms with E-state index in [9.17, 15) is 0 Å². The molecular formula is C19H22ClN3O2. The van der Waals surface area contributed by atoms with Gasteiger partial charge in [-0.3, -0.25) is 0 Å². The molecule has 3 rings (SSSR count). The van der Waals surface area contributed by atoms with Gasteiger partial charge in [0.15, 0.2) is 17.5 Å². The number of ether oxygens (including phenoxy) is 2. The van der Waals surface area contributed by atoms with Gasteiger partial charge in [-0.2, -0.15) is 0 Å². The molecule has 3 N–H and O–H groups in total. The van der Waals surface area contributed by atoms with E-state index in [-0.39, 0.29) is 6.04 Å². The van der Waals surface area contributed by atoms with Gasteiger partial charge in [-0.25, -0.2) is 4.99 Å². The van der Waals surface area contributed by atoms with Gasteiger partial charge in [0.05, 0.1) is 20.3 Å². The van der Waals surface area contributed by atoms with Crippen LogP contribution in [0.15, 0.2) is 47.5 Å². The van der Waals surface area contributed by atoms with Crippen molar-refractivity contribution >= 4 is 23.2 Å². The van der Waals surface area contributed by atoms with Crippen molar-refractivity contribution in [3.63, 3.8) is 0 Å². The van der Waals surface area contributed by atoms with Crippen molar-refractivity contribution in [3.8, 4) is 11.5 Å². The first-order valence-corrected chi connectivity index (χ1v) is 8.54. The van der Waals surface area contributed by atoms with Crippen molar-refractivity contribution in [2.75, 3.05) is 19.5 Å². The highest BCUT2D eigenvalue weighted by Crippen LogP contribution is 2.39. The predicted molar refractivity (Wildman–Crippen MR) is 102 cm³/mol. The molecule has 132 valence electrons. The molecule has 5 nitrogen and oxygen atoms in total. The molecule has 1 aliphatic rings. The lowest BCUT2D eigenvalue weighted by Crippen LogP contribution is -2.31. The first-order valence-electron chi connectivity index (χ1n) is 8.17. The molecule has 0 atom stereocenters. The Morgan fingerprint density at radius 3 is 2.40 bits per heavy atom. The molecule has 0 spiro atoms. The highest BCUT2D eigenvalue weighted by molar-refractivity contribution is 6.30. The minimum atomic E-state index is 0.244. The van der Waals surface area contributed by atoms with E-state index in [2.05, 4.69) is 22.4 Å². The van der Waals surface area contributed by atoms with Gasteiger partial charge in [0.1, 0.15) is 0 Å². The van der Waals surface area contributed by atoms with Crippen LogP contribution in [0.25, 0.3) is 0 Å². The Kier molecular flexibility index (Phi) is 5.34. The fourth-order valence-corrected chi connectivity index (χ4v) is 3.12. The van der Waals surface area contributed by atoms with Crippen molar-refractivity contribution in [3.05, 3.63) is 53.1 Å². The van der Waals surface area contributed by atoms with Gasteiger partial charge in [0.25, 0.3) is 0 Å². The Morgan fingerprint density at radius 1 is 1.08 bits per heavy atom. The number of methoxy groups -OCH3 is 2. The van der Waals surface area contributed by atoms with Crippen LogP contribution in [-0.4, -0.2) is 26.2 Å². The topological polar surface area (TPSA) is 68.9 Å². The number of guanidine groups is 1. The van der Waals surface area contributed by atoms with E-state index in [1.165, 1.54) is 5.56 Å². The summed E-state index contributed by atoms with van der Waals surface area (Å²) < 4.78 is 10.5. The lowest BCUT2D eigenvalue weighted by atomic mass is 9.76. The minimum absolute atomic E-state index is 0.244. The molecule has 6 heteroatoms. The summed E-state index contributed by atoms with van der Waals surface area (Å²) >= 11 is 5.93. The van der Waals surface area contributed by atoms with Crippen molar-refractivity contribution in [2.24, 2.45) is 10.7 Å². The minimum Gasteiger partial charge on any atom is -0.493 e. The van der Waals surface area contributed by atoms with Crippen LogP contribution in [0.3, 0.4) is 0 Å². The molecule has 1 aliphatic carbocycles. The summed E-state index contributed by atoms with van der Waals surface area (Å²) in [6.45, 7) is 0. The van der Waals surface area contributed by atoms with Crippen molar-refractivity contribution < 1.29 is 9.47 Å². The van der Waals surface area contributed by atoms with E-state index in [1.807, 2.05) is 30.3 Å². The van der Waals surface area contributed by atoms with Crippen LogP contribution in [0, 0.1) is 0 Å². The summed E-state index contributed by atoms with van der Waals surface area (Å²) in [6, 6.07) is 13.8. The molecule has 0 radical (unpaired) electrons. The molecule has 0 aliphatic heterocycles. The van der Waals surface area contributed by atoms with Gasteiger partial charge in [-0.15, -0.1) is 0 Å². The number of benzene rings is 2. The molecule has 0 aromatic heterocycles. The summed E-state index contributed by atoms with van der Waals surface area (Å²) in [6.07, 6.45) is 1.99. The first kappa shape index (κ1) is 17.4. The van der Waals surface area contributed by atoms with E-state index in [0.717, 1.165) is 23.6 Å². The monoisotopic (exact) mass is 359 g/mol. The summed E-state index contributed by atoms with van der Waals surface area (Å²) in [5.41, 5.74) is 8.15. The second-order valence-corrected chi connectivity index (χ2v) is 6.52. The molecular weight excluding hydrogens is 338 g/mol. The molecule has 0 unspecified atom stereocenters. The quantitative estimate of drug-likeness (QED) is 0.624. The fraction of sp³-hybridized carbons (Fsp3) is 0.316. The van der Waals surface area contributed by atoms with Crippen molar-refractivity contribution in [1.82, 2.24) is 0 Å². The number of nitrogens with two attached hydrogens (primary N) is 1. The zero-order chi connectivity index (χ0) is 17.8. The van der Waals surface area contributed by atoms with Gasteiger partial charge < -0.3 is 20.5 Å². The SMILES string of the molecule is COc1ccc(NC(N)=NC2CC(c3ccc(Cl)cc3)C2)cc1OC. The largest absolute Gasteiger partial charge is 0.493 e. The molecule has 1 saturated carbocycles. The van der Waals surface area contributed by atoms with Crippen LogP contribution >= 0.6 is 11.6 Å². The molecule has 0 saturated heterocycles. The second kappa shape index (κ2) is 7.66. The van der Waals surface area contributed by atoms with E-state index in [0.29, 0.717) is 23.4 Å². The van der Waals surface area contributed by atoms with E-state index in [1.54, 1.807) is 14.2 Å². The zero-order valence-electron chi connectivity index (χ0n) is 14.3. The third-order valence-electron chi connectivity index (χ3n) is 4.43. The third-order valence-corrected chi connectivity index (χ3v) is 4.68. The summed E-state index contributed by atoms with van der Waals surface area (Å²) in [7, 11) is 3.21. The number of anilines is 1. The summed E-state index contributed by atoms with van der Waals surface area (Å²) in [4.78, 5) is 4.55. The number of hydrogen-bond acceptors (Lipinski definition) is 3. The molecule has 2 aromatic rings. The number of rotatable bonds is 5. The molecule has 1 fully saturated rings. The molecule has 0 heterocycles. The number of nitrogens with zero attached hydrogens (tertiary/aromatic N) is 1. The first-order chi connectivity index (χ1) is 12.1. The predicted octanol–water partition coefficient (Wildman–Crippen LogP) is 4.03. The van der Waals surface area contributed by atoms with Crippen LogP contribution in [0.5, 0.6) is 11.5 Å². The lowest BCUT2D eigenvalue weighted by molar-refractivity contribution is 0.353. The van der Waals surface area contributed by atoms with Gasteiger partial charge >= 0.3 is 0 Å². The number of nitrogens with one attached hydrogen (secondary N) is 1. The Balaban J connectivity index is 1.57. The second-order valence-electron chi connectivity index (χ2n) is 6.08. The highest BCUT2D eigenvalue weighted by Gasteiger charge is 2.30. The third kappa shape index (κ3) is 4.17. The maximum absolute atomic E-state index is 6.03. The highest BCUT2D eigenvalue weighted by atomic mass is 35.5. The maximum atomic E-state index is 6.03. The van der Waals surface area contributed by atoms with Crippen LogP contribution in [0.1, 0.15) is 24.3 Å². The lowest BCUT2D eigenvalue weighted by Gasteiger charge is -2.33.